The van der Waals surface area contributed by atoms with E-state index >= 15 is 0 Å². The summed E-state index contributed by atoms with van der Waals surface area (Å²) in [4.78, 5) is 0. The molecule has 0 heterocycles. The first-order chi connectivity index (χ1) is 6.69. The molecule has 0 unspecified atom stereocenters. The molecule has 0 spiro atoms. The second kappa shape index (κ2) is 5.26. The monoisotopic (exact) mass is 219 g/mol. The van der Waals surface area contributed by atoms with Crippen molar-refractivity contribution >= 4 is 11.6 Å². The van der Waals surface area contributed by atoms with E-state index in [-0.39, 0.29) is 13.2 Å². The summed E-state index contributed by atoms with van der Waals surface area (Å²) in [5, 5.41) is 8.88. The maximum atomic E-state index is 13.5. The molecule has 1 aromatic carbocycles. The third kappa shape index (κ3) is 2.65. The Morgan fingerprint density at radius 3 is 2.71 bits per heavy atom. The molecular weight excluding hydrogens is 209 g/mol. The molecule has 1 aromatic rings. The van der Waals surface area contributed by atoms with Gasteiger partial charge in [-0.2, -0.15) is 0 Å². The lowest BCUT2D eigenvalue weighted by molar-refractivity contribution is 0.159. The van der Waals surface area contributed by atoms with E-state index in [0.717, 1.165) is 0 Å². The van der Waals surface area contributed by atoms with Crippen LogP contribution in [0.1, 0.15) is 11.1 Å². The van der Waals surface area contributed by atoms with Gasteiger partial charge >= 0.3 is 0 Å². The lowest BCUT2D eigenvalue weighted by atomic mass is 10.1. The molecule has 0 amide bonds. The van der Waals surface area contributed by atoms with Crippen LogP contribution in [0.25, 0.3) is 0 Å². The average Bonchev–Trinajstić information content (AvgIpc) is 2.14. The summed E-state index contributed by atoms with van der Waals surface area (Å²) in [6.45, 7) is 0.175. The van der Waals surface area contributed by atoms with E-state index < -0.39 is 5.82 Å². The summed E-state index contributed by atoms with van der Waals surface area (Å²) < 4.78 is 18.4. The number of rotatable bonds is 4. The average molecular weight is 220 g/mol. The molecule has 5 heteroatoms. The first kappa shape index (κ1) is 11.4. The quantitative estimate of drug-likeness (QED) is 0.763. The minimum atomic E-state index is -0.405. The number of hydroxylamine groups is 1. The topological polar surface area (TPSA) is 41.5 Å². The van der Waals surface area contributed by atoms with Gasteiger partial charge in [-0.15, -0.1) is 0 Å². The zero-order valence-electron chi connectivity index (χ0n) is 7.68. The van der Waals surface area contributed by atoms with Crippen molar-refractivity contribution < 1.29 is 14.3 Å². The molecule has 0 saturated heterocycles. The zero-order chi connectivity index (χ0) is 10.6. The number of nitrogens with one attached hydrogen (secondary N) is 1. The summed E-state index contributed by atoms with van der Waals surface area (Å²) in [7, 11) is 1.48. The summed E-state index contributed by atoms with van der Waals surface area (Å²) >= 11 is 5.76. The Morgan fingerprint density at radius 1 is 1.50 bits per heavy atom. The normalized spacial score (nSPS) is 10.6. The Kier molecular flexibility index (Phi) is 4.28. The lowest BCUT2D eigenvalue weighted by Gasteiger charge is -2.08. The number of halogens is 2. The van der Waals surface area contributed by atoms with Crippen LogP contribution < -0.4 is 5.48 Å². The van der Waals surface area contributed by atoms with E-state index in [4.69, 9.17) is 21.5 Å². The van der Waals surface area contributed by atoms with Crippen LogP contribution in [0, 0.1) is 5.82 Å². The SMILES string of the molecule is COCc1cc(Cl)cc(CNO)c1F. The van der Waals surface area contributed by atoms with E-state index in [9.17, 15) is 4.39 Å². The standard InChI is InChI=1S/C9H11ClFNO2/c1-14-5-7-3-8(10)2-6(4-12-13)9(7)11/h2-3,12-13H,4-5H2,1H3. The van der Waals surface area contributed by atoms with Crippen molar-refractivity contribution in [2.75, 3.05) is 7.11 Å². The van der Waals surface area contributed by atoms with Crippen molar-refractivity contribution in [2.45, 2.75) is 13.2 Å². The lowest BCUT2D eigenvalue weighted by Crippen LogP contribution is -2.09. The Hall–Kier alpha value is -0.680. The van der Waals surface area contributed by atoms with Gasteiger partial charge in [0.25, 0.3) is 0 Å². The Morgan fingerprint density at radius 2 is 2.14 bits per heavy atom. The van der Waals surface area contributed by atoms with Gasteiger partial charge in [0.05, 0.1) is 6.61 Å². The van der Waals surface area contributed by atoms with Crippen LogP contribution in [-0.2, 0) is 17.9 Å². The van der Waals surface area contributed by atoms with Crippen LogP contribution in [0.4, 0.5) is 4.39 Å². The van der Waals surface area contributed by atoms with Gasteiger partial charge in [-0.3, -0.25) is 0 Å². The molecule has 0 aliphatic carbocycles. The largest absolute Gasteiger partial charge is 0.380 e. The molecule has 0 aliphatic heterocycles. The van der Waals surface area contributed by atoms with E-state index in [1.807, 2.05) is 5.48 Å². The molecule has 2 N–H and O–H groups in total. The van der Waals surface area contributed by atoms with E-state index in [0.29, 0.717) is 16.1 Å². The Balaban J connectivity index is 3.04. The highest BCUT2D eigenvalue weighted by Crippen LogP contribution is 2.20. The third-order valence-corrected chi connectivity index (χ3v) is 1.98. The second-order valence-electron chi connectivity index (χ2n) is 2.81. The van der Waals surface area contributed by atoms with Gasteiger partial charge in [-0.25, -0.2) is 9.87 Å². The van der Waals surface area contributed by atoms with E-state index in [2.05, 4.69) is 0 Å². The summed E-state index contributed by atoms with van der Waals surface area (Å²) in [5.41, 5.74) is 2.57. The molecule has 0 radical (unpaired) electrons. The van der Waals surface area contributed by atoms with E-state index in [1.54, 1.807) is 0 Å². The fraction of sp³-hybridized carbons (Fsp3) is 0.333. The van der Waals surface area contributed by atoms with Gasteiger partial charge in [0, 0.05) is 29.8 Å². The highest BCUT2D eigenvalue weighted by atomic mass is 35.5. The summed E-state index contributed by atoms with van der Waals surface area (Å²) in [5.74, 6) is -0.405. The molecule has 78 valence electrons. The maximum Gasteiger partial charge on any atom is 0.133 e. The van der Waals surface area contributed by atoms with Crippen molar-refractivity contribution in [1.29, 1.82) is 0 Å². The van der Waals surface area contributed by atoms with Gasteiger partial charge in [-0.1, -0.05) is 11.6 Å². The van der Waals surface area contributed by atoms with Gasteiger partial charge in [0.2, 0.25) is 0 Å². The molecule has 0 fully saturated rings. The van der Waals surface area contributed by atoms with Crippen LogP contribution in [0.2, 0.25) is 5.02 Å². The van der Waals surface area contributed by atoms with Crippen LogP contribution >= 0.6 is 11.6 Å². The van der Waals surface area contributed by atoms with E-state index in [1.165, 1.54) is 19.2 Å². The van der Waals surface area contributed by atoms with Crippen LogP contribution in [0.5, 0.6) is 0 Å². The molecule has 0 aliphatic rings. The molecule has 1 rings (SSSR count). The fourth-order valence-corrected chi connectivity index (χ4v) is 1.45. The number of benzene rings is 1. The highest BCUT2D eigenvalue weighted by molar-refractivity contribution is 6.30. The van der Waals surface area contributed by atoms with Gasteiger partial charge in [0.1, 0.15) is 5.82 Å². The summed E-state index contributed by atoms with van der Waals surface area (Å²) in [6.07, 6.45) is 0. The van der Waals surface area contributed by atoms with Crippen LogP contribution in [0.15, 0.2) is 12.1 Å². The molecule has 0 aromatic heterocycles. The van der Waals surface area contributed by atoms with Gasteiger partial charge in [0.15, 0.2) is 0 Å². The summed E-state index contributed by atoms with van der Waals surface area (Å²) in [6, 6.07) is 2.96. The number of methoxy groups -OCH3 is 1. The number of hydrogen-bond acceptors (Lipinski definition) is 3. The molecule has 3 nitrogen and oxygen atoms in total. The molecule has 14 heavy (non-hydrogen) atoms. The molecular formula is C9H11ClFNO2. The number of ether oxygens (including phenoxy) is 1. The minimum Gasteiger partial charge on any atom is -0.380 e. The first-order valence-electron chi connectivity index (χ1n) is 4.01. The smallest absolute Gasteiger partial charge is 0.133 e. The molecule has 0 saturated carbocycles. The maximum absolute atomic E-state index is 13.5. The van der Waals surface area contributed by atoms with Gasteiger partial charge < -0.3 is 9.94 Å². The van der Waals surface area contributed by atoms with Crippen LogP contribution in [-0.4, -0.2) is 12.3 Å². The van der Waals surface area contributed by atoms with Crippen molar-refractivity contribution in [3.05, 3.63) is 34.1 Å². The first-order valence-corrected chi connectivity index (χ1v) is 4.39. The van der Waals surface area contributed by atoms with Crippen molar-refractivity contribution in [3.63, 3.8) is 0 Å². The Bertz CT molecular complexity index is 293. The van der Waals surface area contributed by atoms with Crippen molar-refractivity contribution in [1.82, 2.24) is 5.48 Å². The Labute approximate surface area is 86.4 Å². The third-order valence-electron chi connectivity index (χ3n) is 1.76. The van der Waals surface area contributed by atoms with Crippen LogP contribution in [0.3, 0.4) is 0 Å². The second-order valence-corrected chi connectivity index (χ2v) is 3.24. The number of hydrogen-bond donors (Lipinski definition) is 2. The zero-order valence-corrected chi connectivity index (χ0v) is 8.44. The minimum absolute atomic E-state index is 0.0170. The van der Waals surface area contributed by atoms with Gasteiger partial charge in [-0.05, 0) is 12.1 Å². The fourth-order valence-electron chi connectivity index (χ4n) is 1.18. The highest BCUT2D eigenvalue weighted by Gasteiger charge is 2.09. The molecule has 0 atom stereocenters. The predicted octanol–water partition coefficient (Wildman–Crippen LogP) is 2.10. The predicted molar refractivity (Wildman–Crippen MR) is 50.7 cm³/mol. The van der Waals surface area contributed by atoms with Crippen molar-refractivity contribution in [3.8, 4) is 0 Å². The molecule has 0 bridgehead atoms. The van der Waals surface area contributed by atoms with Crippen molar-refractivity contribution in [2.24, 2.45) is 0 Å².